The highest BCUT2D eigenvalue weighted by Crippen LogP contribution is 2.30. The van der Waals surface area contributed by atoms with Crippen molar-refractivity contribution < 1.29 is 0 Å². The maximum Gasteiger partial charge on any atom is 0.104 e. The van der Waals surface area contributed by atoms with Crippen LogP contribution < -0.4 is 10.6 Å². The molecule has 0 saturated heterocycles. The Morgan fingerprint density at radius 3 is 2.52 bits per heavy atom. The van der Waals surface area contributed by atoms with Crippen molar-refractivity contribution in [1.29, 1.82) is 0 Å². The molecule has 116 valence electrons. The summed E-state index contributed by atoms with van der Waals surface area (Å²) in [7, 11) is 0. The molecule has 0 aliphatic heterocycles. The zero-order valence-corrected chi connectivity index (χ0v) is 14.4. The van der Waals surface area contributed by atoms with Gasteiger partial charge in [0.25, 0.3) is 0 Å². The third-order valence-corrected chi connectivity index (χ3v) is 4.74. The van der Waals surface area contributed by atoms with Gasteiger partial charge >= 0.3 is 0 Å². The second kappa shape index (κ2) is 7.26. The lowest BCUT2D eigenvalue weighted by Crippen LogP contribution is -2.34. The second-order valence-corrected chi connectivity index (χ2v) is 7.12. The van der Waals surface area contributed by atoms with Gasteiger partial charge in [0.2, 0.25) is 0 Å². The van der Waals surface area contributed by atoms with E-state index in [0.29, 0.717) is 11.0 Å². The van der Waals surface area contributed by atoms with Gasteiger partial charge in [-0.05, 0) is 55.9 Å². The second-order valence-electron chi connectivity index (χ2n) is 6.68. The third-order valence-electron chi connectivity index (χ3n) is 4.52. The molecule has 1 aliphatic rings. The molecule has 2 rings (SSSR count). The first kappa shape index (κ1) is 16.3. The van der Waals surface area contributed by atoms with E-state index in [4.69, 9.17) is 18.0 Å². The molecule has 1 aromatic carbocycles. The Kier molecular flexibility index (Phi) is 5.63. The maximum absolute atomic E-state index is 5.78. The fourth-order valence-corrected chi connectivity index (χ4v) is 3.47. The molecule has 21 heavy (non-hydrogen) atoms. The SMILES string of the molecule is Cc1cc(N(CCC(C)C)C2CCCC2)ccc1C(N)=S. The predicted octanol–water partition coefficient (Wildman–Crippen LogP) is 4.42. The number of aryl methyl sites for hydroxylation is 1. The van der Waals surface area contributed by atoms with Crippen LogP contribution in [0.1, 0.15) is 57.1 Å². The van der Waals surface area contributed by atoms with Crippen LogP contribution in [0.25, 0.3) is 0 Å². The van der Waals surface area contributed by atoms with Crippen LogP contribution in [-0.2, 0) is 0 Å². The lowest BCUT2D eigenvalue weighted by atomic mass is 10.0. The van der Waals surface area contributed by atoms with Crippen LogP contribution in [0.3, 0.4) is 0 Å². The average Bonchev–Trinajstić information content (AvgIpc) is 2.92. The monoisotopic (exact) mass is 304 g/mol. The minimum atomic E-state index is 0.494. The van der Waals surface area contributed by atoms with E-state index < -0.39 is 0 Å². The minimum Gasteiger partial charge on any atom is -0.389 e. The van der Waals surface area contributed by atoms with E-state index in [2.05, 4.69) is 43.9 Å². The normalized spacial score (nSPS) is 15.6. The Morgan fingerprint density at radius 1 is 1.33 bits per heavy atom. The molecule has 0 heterocycles. The number of nitrogens with zero attached hydrogens (tertiary/aromatic N) is 1. The smallest absolute Gasteiger partial charge is 0.104 e. The van der Waals surface area contributed by atoms with Gasteiger partial charge in [0.05, 0.1) is 0 Å². The van der Waals surface area contributed by atoms with E-state index in [1.54, 1.807) is 0 Å². The van der Waals surface area contributed by atoms with Gasteiger partial charge in [0, 0.05) is 23.8 Å². The number of benzene rings is 1. The fourth-order valence-electron chi connectivity index (χ4n) is 3.24. The molecule has 0 unspecified atom stereocenters. The highest BCUT2D eigenvalue weighted by atomic mass is 32.1. The van der Waals surface area contributed by atoms with Crippen LogP contribution in [0.2, 0.25) is 0 Å². The van der Waals surface area contributed by atoms with Crippen molar-refractivity contribution in [2.75, 3.05) is 11.4 Å². The summed E-state index contributed by atoms with van der Waals surface area (Å²) in [4.78, 5) is 3.11. The van der Waals surface area contributed by atoms with E-state index >= 15 is 0 Å². The quantitative estimate of drug-likeness (QED) is 0.789. The number of thiocarbonyl (C=S) groups is 1. The number of nitrogens with two attached hydrogens (primary N) is 1. The first-order chi connectivity index (χ1) is 9.99. The highest BCUT2D eigenvalue weighted by Gasteiger charge is 2.23. The largest absolute Gasteiger partial charge is 0.389 e. The van der Waals surface area contributed by atoms with Crippen LogP contribution in [0.5, 0.6) is 0 Å². The lowest BCUT2D eigenvalue weighted by Gasteiger charge is -2.32. The van der Waals surface area contributed by atoms with Gasteiger partial charge < -0.3 is 10.6 Å². The zero-order chi connectivity index (χ0) is 15.4. The van der Waals surface area contributed by atoms with E-state index in [1.807, 2.05) is 0 Å². The number of rotatable bonds is 6. The van der Waals surface area contributed by atoms with Gasteiger partial charge in [0.1, 0.15) is 4.99 Å². The molecule has 0 spiro atoms. The van der Waals surface area contributed by atoms with E-state index in [9.17, 15) is 0 Å². The molecular formula is C18H28N2S. The third kappa shape index (κ3) is 4.19. The molecule has 0 atom stereocenters. The van der Waals surface area contributed by atoms with Crippen molar-refractivity contribution >= 4 is 22.9 Å². The van der Waals surface area contributed by atoms with Crippen molar-refractivity contribution in [3.63, 3.8) is 0 Å². The summed E-state index contributed by atoms with van der Waals surface area (Å²) in [6.45, 7) is 7.85. The summed E-state index contributed by atoms with van der Waals surface area (Å²) in [5, 5.41) is 0. The Hall–Kier alpha value is -1.09. The Morgan fingerprint density at radius 2 is 2.00 bits per heavy atom. The predicted molar refractivity (Wildman–Crippen MR) is 96.1 cm³/mol. The highest BCUT2D eigenvalue weighted by molar-refractivity contribution is 7.80. The van der Waals surface area contributed by atoms with Crippen molar-refractivity contribution in [2.45, 2.75) is 58.9 Å². The average molecular weight is 305 g/mol. The van der Waals surface area contributed by atoms with E-state index in [1.165, 1.54) is 43.4 Å². The van der Waals surface area contributed by atoms with E-state index in [-0.39, 0.29) is 0 Å². The first-order valence-electron chi connectivity index (χ1n) is 8.16. The molecule has 0 radical (unpaired) electrons. The van der Waals surface area contributed by atoms with Gasteiger partial charge in [-0.3, -0.25) is 0 Å². The first-order valence-corrected chi connectivity index (χ1v) is 8.57. The minimum absolute atomic E-state index is 0.494. The lowest BCUT2D eigenvalue weighted by molar-refractivity contribution is 0.528. The molecule has 1 fully saturated rings. The zero-order valence-electron chi connectivity index (χ0n) is 13.6. The molecule has 0 bridgehead atoms. The molecule has 1 saturated carbocycles. The molecule has 1 aromatic rings. The van der Waals surface area contributed by atoms with Crippen molar-refractivity contribution in [3.8, 4) is 0 Å². The van der Waals surface area contributed by atoms with Crippen molar-refractivity contribution in [1.82, 2.24) is 0 Å². The molecule has 0 amide bonds. The van der Waals surface area contributed by atoms with Gasteiger partial charge in [-0.1, -0.05) is 38.9 Å². The van der Waals surface area contributed by atoms with Crippen molar-refractivity contribution in [2.24, 2.45) is 11.7 Å². The Bertz CT molecular complexity index is 490. The van der Waals surface area contributed by atoms with E-state index in [0.717, 1.165) is 18.0 Å². The molecule has 1 aliphatic carbocycles. The Labute approximate surface area is 134 Å². The van der Waals surface area contributed by atoms with Gasteiger partial charge in [-0.25, -0.2) is 0 Å². The summed E-state index contributed by atoms with van der Waals surface area (Å²) >= 11 is 5.12. The molecule has 2 nitrogen and oxygen atoms in total. The molecule has 2 N–H and O–H groups in total. The summed E-state index contributed by atoms with van der Waals surface area (Å²) in [5.74, 6) is 0.742. The van der Waals surface area contributed by atoms with Gasteiger partial charge in [0.15, 0.2) is 0 Å². The van der Waals surface area contributed by atoms with Crippen LogP contribution in [0, 0.1) is 12.8 Å². The summed E-state index contributed by atoms with van der Waals surface area (Å²) < 4.78 is 0. The summed E-state index contributed by atoms with van der Waals surface area (Å²) in [5.41, 5.74) is 9.30. The Balaban J connectivity index is 2.22. The van der Waals surface area contributed by atoms with Crippen LogP contribution in [-0.4, -0.2) is 17.6 Å². The number of hydrogen-bond acceptors (Lipinski definition) is 2. The number of hydrogen-bond donors (Lipinski definition) is 1. The number of anilines is 1. The standard InChI is InChI=1S/C18H28N2S/c1-13(2)10-11-20(15-6-4-5-7-15)16-8-9-17(18(19)21)14(3)12-16/h8-9,12-13,15H,4-7,10-11H2,1-3H3,(H2,19,21). The van der Waals surface area contributed by atoms with Gasteiger partial charge in [-0.2, -0.15) is 0 Å². The molecule has 3 heteroatoms. The topological polar surface area (TPSA) is 29.3 Å². The summed E-state index contributed by atoms with van der Waals surface area (Å²) in [6, 6.07) is 7.25. The molecule has 0 aromatic heterocycles. The maximum atomic E-state index is 5.78. The summed E-state index contributed by atoms with van der Waals surface area (Å²) in [6.07, 6.45) is 6.63. The van der Waals surface area contributed by atoms with Crippen LogP contribution in [0.4, 0.5) is 5.69 Å². The van der Waals surface area contributed by atoms with Crippen molar-refractivity contribution in [3.05, 3.63) is 29.3 Å². The fraction of sp³-hybridized carbons (Fsp3) is 0.611. The van der Waals surface area contributed by atoms with Gasteiger partial charge in [-0.15, -0.1) is 0 Å². The van der Waals surface area contributed by atoms with Crippen LogP contribution in [0.15, 0.2) is 18.2 Å². The van der Waals surface area contributed by atoms with Crippen LogP contribution >= 0.6 is 12.2 Å². The molecular weight excluding hydrogens is 276 g/mol.